The van der Waals surface area contributed by atoms with Gasteiger partial charge in [-0.3, -0.25) is 4.90 Å². The van der Waals surface area contributed by atoms with Crippen molar-refractivity contribution in [1.82, 2.24) is 4.90 Å². The van der Waals surface area contributed by atoms with Crippen molar-refractivity contribution >= 4 is 5.69 Å². The highest BCUT2D eigenvalue weighted by Gasteiger charge is 2.14. The van der Waals surface area contributed by atoms with Gasteiger partial charge in [-0.1, -0.05) is 18.2 Å². The summed E-state index contributed by atoms with van der Waals surface area (Å²) in [4.78, 5) is 2.36. The van der Waals surface area contributed by atoms with E-state index >= 15 is 0 Å². The number of hydrogen-bond acceptors (Lipinski definition) is 3. The van der Waals surface area contributed by atoms with Gasteiger partial charge in [0.15, 0.2) is 0 Å². The van der Waals surface area contributed by atoms with Crippen LogP contribution >= 0.6 is 0 Å². The maximum atomic E-state index is 5.61. The average Bonchev–Trinajstić information content (AvgIpc) is 2.47. The van der Waals surface area contributed by atoms with Gasteiger partial charge in [0.1, 0.15) is 12.4 Å². The molecule has 3 nitrogen and oxygen atoms in total. The molecular weight excluding hydrogens is 248 g/mol. The SMILES string of the molecule is C=CCN(CC=C)C(C)Cc1ccc2c(c1)NCCO2. The summed E-state index contributed by atoms with van der Waals surface area (Å²) in [5.74, 6) is 0.960. The quantitative estimate of drug-likeness (QED) is 0.772. The van der Waals surface area contributed by atoms with Crippen LogP contribution in [0, 0.1) is 0 Å². The summed E-state index contributed by atoms with van der Waals surface area (Å²) in [5.41, 5.74) is 2.44. The maximum absolute atomic E-state index is 5.61. The molecule has 1 aromatic rings. The average molecular weight is 272 g/mol. The molecule has 0 amide bonds. The molecule has 20 heavy (non-hydrogen) atoms. The van der Waals surface area contributed by atoms with E-state index < -0.39 is 0 Å². The Morgan fingerprint density at radius 3 is 2.80 bits per heavy atom. The monoisotopic (exact) mass is 272 g/mol. The van der Waals surface area contributed by atoms with Gasteiger partial charge in [0, 0.05) is 25.7 Å². The first-order valence-electron chi connectivity index (χ1n) is 7.20. The minimum Gasteiger partial charge on any atom is -0.490 e. The second-order valence-electron chi connectivity index (χ2n) is 5.19. The van der Waals surface area contributed by atoms with E-state index in [-0.39, 0.29) is 0 Å². The fraction of sp³-hybridized carbons (Fsp3) is 0.412. The van der Waals surface area contributed by atoms with Gasteiger partial charge in [-0.15, -0.1) is 13.2 Å². The van der Waals surface area contributed by atoms with Crippen molar-refractivity contribution in [3.63, 3.8) is 0 Å². The van der Waals surface area contributed by atoms with Gasteiger partial charge in [0.2, 0.25) is 0 Å². The third-order valence-corrected chi connectivity index (χ3v) is 3.60. The molecule has 108 valence electrons. The Labute approximate surface area is 121 Å². The van der Waals surface area contributed by atoms with Crippen LogP contribution in [0.25, 0.3) is 0 Å². The summed E-state index contributed by atoms with van der Waals surface area (Å²) < 4.78 is 5.61. The molecule has 1 aliphatic rings. The largest absolute Gasteiger partial charge is 0.490 e. The van der Waals surface area contributed by atoms with Gasteiger partial charge in [-0.25, -0.2) is 0 Å². The lowest BCUT2D eigenvalue weighted by Crippen LogP contribution is -2.35. The second kappa shape index (κ2) is 7.15. The standard InChI is InChI=1S/C17H24N2O/c1-4-9-19(10-5-2)14(3)12-15-6-7-17-16(13-15)18-8-11-20-17/h4-7,13-14,18H,1-2,8-12H2,3H3. The van der Waals surface area contributed by atoms with Crippen molar-refractivity contribution in [3.05, 3.63) is 49.1 Å². The highest BCUT2D eigenvalue weighted by molar-refractivity contribution is 5.59. The number of nitrogens with one attached hydrogen (secondary N) is 1. The van der Waals surface area contributed by atoms with Crippen LogP contribution in [0.15, 0.2) is 43.5 Å². The summed E-state index contributed by atoms with van der Waals surface area (Å²) in [6.45, 7) is 13.3. The van der Waals surface area contributed by atoms with Crippen LogP contribution < -0.4 is 10.1 Å². The lowest BCUT2D eigenvalue weighted by molar-refractivity contribution is 0.255. The van der Waals surface area contributed by atoms with Crippen molar-refractivity contribution in [3.8, 4) is 5.75 Å². The van der Waals surface area contributed by atoms with Crippen LogP contribution in [0.3, 0.4) is 0 Å². The number of ether oxygens (including phenoxy) is 1. The Morgan fingerprint density at radius 1 is 1.35 bits per heavy atom. The highest BCUT2D eigenvalue weighted by Crippen LogP contribution is 2.28. The van der Waals surface area contributed by atoms with Crippen molar-refractivity contribution in [2.75, 3.05) is 31.6 Å². The van der Waals surface area contributed by atoms with E-state index in [0.29, 0.717) is 6.04 Å². The second-order valence-corrected chi connectivity index (χ2v) is 5.19. The van der Waals surface area contributed by atoms with Crippen LogP contribution in [0.4, 0.5) is 5.69 Å². The van der Waals surface area contributed by atoms with Crippen molar-refractivity contribution in [1.29, 1.82) is 0 Å². The van der Waals surface area contributed by atoms with Crippen LogP contribution in [-0.4, -0.2) is 37.2 Å². The van der Waals surface area contributed by atoms with E-state index in [9.17, 15) is 0 Å². The van der Waals surface area contributed by atoms with Gasteiger partial charge in [-0.2, -0.15) is 0 Å². The van der Waals surface area contributed by atoms with Gasteiger partial charge in [0.05, 0.1) is 5.69 Å². The van der Waals surface area contributed by atoms with E-state index in [1.807, 2.05) is 12.2 Å². The fourth-order valence-corrected chi connectivity index (χ4v) is 2.55. The normalized spacial score (nSPS) is 14.9. The molecule has 0 saturated carbocycles. The first-order chi connectivity index (χ1) is 9.74. The minimum atomic E-state index is 0.452. The Morgan fingerprint density at radius 2 is 2.10 bits per heavy atom. The van der Waals surface area contributed by atoms with Crippen LogP contribution in [0.2, 0.25) is 0 Å². The number of nitrogens with zero attached hydrogens (tertiary/aromatic N) is 1. The van der Waals surface area contributed by atoms with Gasteiger partial charge in [-0.05, 0) is 31.0 Å². The van der Waals surface area contributed by atoms with Crippen molar-refractivity contribution < 1.29 is 4.74 Å². The maximum Gasteiger partial charge on any atom is 0.142 e. The molecule has 0 spiro atoms. The topological polar surface area (TPSA) is 24.5 Å². The van der Waals surface area contributed by atoms with Gasteiger partial charge < -0.3 is 10.1 Å². The molecule has 1 aliphatic heterocycles. The molecule has 1 heterocycles. The molecule has 2 rings (SSSR count). The Hall–Kier alpha value is -1.74. The van der Waals surface area contributed by atoms with E-state index in [4.69, 9.17) is 4.74 Å². The lowest BCUT2D eigenvalue weighted by atomic mass is 10.0. The van der Waals surface area contributed by atoms with Crippen LogP contribution in [-0.2, 0) is 6.42 Å². The van der Waals surface area contributed by atoms with Gasteiger partial charge in [0.25, 0.3) is 0 Å². The third-order valence-electron chi connectivity index (χ3n) is 3.60. The molecule has 0 fully saturated rings. The van der Waals surface area contributed by atoms with Gasteiger partial charge >= 0.3 is 0 Å². The van der Waals surface area contributed by atoms with Crippen LogP contribution in [0.1, 0.15) is 12.5 Å². The predicted molar refractivity (Wildman–Crippen MR) is 85.6 cm³/mol. The molecule has 1 N–H and O–H groups in total. The lowest BCUT2D eigenvalue weighted by Gasteiger charge is -2.27. The number of fused-ring (bicyclic) bond motifs is 1. The molecule has 1 unspecified atom stereocenters. The summed E-state index contributed by atoms with van der Waals surface area (Å²) in [7, 11) is 0. The molecule has 0 saturated heterocycles. The molecule has 3 heteroatoms. The summed E-state index contributed by atoms with van der Waals surface area (Å²) in [6.07, 6.45) is 4.90. The first kappa shape index (κ1) is 14.7. The Bertz CT molecular complexity index is 460. The smallest absolute Gasteiger partial charge is 0.142 e. The van der Waals surface area contributed by atoms with E-state index in [2.05, 4.69) is 48.5 Å². The molecule has 0 aromatic heterocycles. The zero-order chi connectivity index (χ0) is 14.4. The van der Waals surface area contributed by atoms with E-state index in [1.54, 1.807) is 0 Å². The van der Waals surface area contributed by atoms with E-state index in [1.165, 1.54) is 5.56 Å². The molecule has 0 aliphatic carbocycles. The van der Waals surface area contributed by atoms with Crippen LogP contribution in [0.5, 0.6) is 5.75 Å². The highest BCUT2D eigenvalue weighted by atomic mass is 16.5. The molecular formula is C17H24N2O. The van der Waals surface area contributed by atoms with Crippen molar-refractivity contribution in [2.45, 2.75) is 19.4 Å². The summed E-state index contributed by atoms with van der Waals surface area (Å²) in [6, 6.07) is 6.87. The number of hydrogen-bond donors (Lipinski definition) is 1. The first-order valence-corrected chi connectivity index (χ1v) is 7.20. The molecule has 1 atom stereocenters. The fourth-order valence-electron chi connectivity index (χ4n) is 2.55. The zero-order valence-corrected chi connectivity index (χ0v) is 12.3. The Balaban J connectivity index is 2.04. The minimum absolute atomic E-state index is 0.452. The molecule has 0 bridgehead atoms. The molecule has 1 aromatic carbocycles. The Kier molecular flexibility index (Phi) is 5.24. The van der Waals surface area contributed by atoms with E-state index in [0.717, 1.165) is 44.1 Å². The number of rotatable bonds is 7. The number of benzene rings is 1. The number of anilines is 1. The predicted octanol–water partition coefficient (Wildman–Crippen LogP) is 3.10. The third kappa shape index (κ3) is 3.64. The summed E-state index contributed by atoms with van der Waals surface area (Å²) >= 11 is 0. The molecule has 0 radical (unpaired) electrons. The summed E-state index contributed by atoms with van der Waals surface area (Å²) in [5, 5.41) is 3.38. The zero-order valence-electron chi connectivity index (χ0n) is 12.3. The van der Waals surface area contributed by atoms with Crippen molar-refractivity contribution in [2.24, 2.45) is 0 Å².